The first kappa shape index (κ1) is 14.2. The Morgan fingerprint density at radius 3 is 2.71 bits per heavy atom. The minimum absolute atomic E-state index is 0.201. The van der Waals surface area contributed by atoms with Crippen molar-refractivity contribution in [1.82, 2.24) is 10.1 Å². The molecule has 0 radical (unpaired) electrons. The van der Waals surface area contributed by atoms with Crippen molar-refractivity contribution in [2.75, 3.05) is 13.2 Å². The SMILES string of the molecule is CCc1c(-c2noc(CN)n2)cc(Cl)c2c1OCCCO2. The van der Waals surface area contributed by atoms with Gasteiger partial charge in [-0.1, -0.05) is 23.7 Å². The van der Waals surface area contributed by atoms with Crippen LogP contribution in [0.25, 0.3) is 11.4 Å². The fraction of sp³-hybridized carbons (Fsp3) is 0.429. The summed E-state index contributed by atoms with van der Waals surface area (Å²) in [5, 5.41) is 4.44. The summed E-state index contributed by atoms with van der Waals surface area (Å²) >= 11 is 6.32. The topological polar surface area (TPSA) is 83.4 Å². The first-order valence-electron chi connectivity index (χ1n) is 6.88. The maximum Gasteiger partial charge on any atom is 0.240 e. The van der Waals surface area contributed by atoms with Crippen LogP contribution in [-0.4, -0.2) is 23.4 Å². The lowest BCUT2D eigenvalue weighted by atomic mass is 10.0. The molecule has 0 unspecified atom stereocenters. The molecular weight excluding hydrogens is 294 g/mol. The van der Waals surface area contributed by atoms with Gasteiger partial charge in [0.2, 0.25) is 11.7 Å². The van der Waals surface area contributed by atoms with E-state index in [0.717, 1.165) is 24.0 Å². The predicted molar refractivity (Wildman–Crippen MR) is 77.6 cm³/mol. The van der Waals surface area contributed by atoms with Crippen molar-refractivity contribution in [1.29, 1.82) is 0 Å². The Balaban J connectivity index is 2.16. The van der Waals surface area contributed by atoms with Crippen molar-refractivity contribution in [3.05, 3.63) is 22.5 Å². The van der Waals surface area contributed by atoms with Crippen LogP contribution in [0.4, 0.5) is 0 Å². The third-order valence-corrected chi connectivity index (χ3v) is 3.59. The van der Waals surface area contributed by atoms with E-state index >= 15 is 0 Å². The van der Waals surface area contributed by atoms with Crippen molar-refractivity contribution in [2.45, 2.75) is 26.3 Å². The van der Waals surface area contributed by atoms with E-state index in [-0.39, 0.29) is 6.54 Å². The Bertz CT molecular complexity index is 657. The van der Waals surface area contributed by atoms with Gasteiger partial charge in [-0.05, 0) is 12.5 Å². The molecule has 1 aromatic heterocycles. The Hall–Kier alpha value is -1.79. The minimum Gasteiger partial charge on any atom is -0.489 e. The first-order valence-corrected chi connectivity index (χ1v) is 7.26. The van der Waals surface area contributed by atoms with E-state index in [0.29, 0.717) is 41.5 Å². The highest BCUT2D eigenvalue weighted by Gasteiger charge is 2.23. The molecule has 1 aliphatic heterocycles. The summed E-state index contributed by atoms with van der Waals surface area (Å²) < 4.78 is 16.6. The largest absolute Gasteiger partial charge is 0.489 e. The number of fused-ring (bicyclic) bond motifs is 1. The molecular formula is C14H16ClN3O3. The van der Waals surface area contributed by atoms with Crippen LogP contribution in [0.15, 0.2) is 10.6 Å². The molecule has 21 heavy (non-hydrogen) atoms. The molecule has 112 valence electrons. The molecule has 7 heteroatoms. The summed E-state index contributed by atoms with van der Waals surface area (Å²) in [6, 6.07) is 1.79. The Morgan fingerprint density at radius 2 is 2.05 bits per heavy atom. The van der Waals surface area contributed by atoms with Gasteiger partial charge in [-0.15, -0.1) is 0 Å². The Kier molecular flexibility index (Phi) is 3.98. The van der Waals surface area contributed by atoms with E-state index in [1.807, 2.05) is 6.92 Å². The molecule has 6 nitrogen and oxygen atoms in total. The first-order chi connectivity index (χ1) is 10.2. The molecule has 0 bridgehead atoms. The van der Waals surface area contributed by atoms with Gasteiger partial charge in [0, 0.05) is 17.5 Å². The molecule has 0 saturated heterocycles. The van der Waals surface area contributed by atoms with Gasteiger partial charge in [-0.3, -0.25) is 0 Å². The van der Waals surface area contributed by atoms with E-state index in [9.17, 15) is 0 Å². The molecule has 0 spiro atoms. The van der Waals surface area contributed by atoms with Crippen LogP contribution < -0.4 is 15.2 Å². The van der Waals surface area contributed by atoms with Gasteiger partial charge < -0.3 is 19.7 Å². The lowest BCUT2D eigenvalue weighted by Gasteiger charge is -2.15. The highest BCUT2D eigenvalue weighted by Crippen LogP contribution is 2.44. The molecule has 0 fully saturated rings. The fourth-order valence-electron chi connectivity index (χ4n) is 2.34. The van der Waals surface area contributed by atoms with Gasteiger partial charge in [0.25, 0.3) is 0 Å². The molecule has 0 aliphatic carbocycles. The third-order valence-electron chi connectivity index (χ3n) is 3.31. The summed E-state index contributed by atoms with van der Waals surface area (Å²) in [4.78, 5) is 4.26. The molecule has 2 N–H and O–H groups in total. The molecule has 1 aromatic carbocycles. The summed E-state index contributed by atoms with van der Waals surface area (Å²) in [6.45, 7) is 3.42. The lowest BCUT2D eigenvalue weighted by Crippen LogP contribution is -2.01. The molecule has 2 aromatic rings. The highest BCUT2D eigenvalue weighted by molar-refractivity contribution is 6.32. The maximum absolute atomic E-state index is 6.32. The highest BCUT2D eigenvalue weighted by atomic mass is 35.5. The van der Waals surface area contributed by atoms with E-state index in [2.05, 4.69) is 10.1 Å². The monoisotopic (exact) mass is 309 g/mol. The second-order valence-electron chi connectivity index (χ2n) is 4.66. The van der Waals surface area contributed by atoms with Crippen molar-refractivity contribution >= 4 is 11.6 Å². The summed E-state index contributed by atoms with van der Waals surface area (Å²) in [6.07, 6.45) is 1.56. The Labute approximate surface area is 127 Å². The molecule has 3 rings (SSSR count). The van der Waals surface area contributed by atoms with Gasteiger partial charge in [0.05, 0.1) is 24.8 Å². The lowest BCUT2D eigenvalue weighted by molar-refractivity contribution is 0.296. The summed E-state index contributed by atoms with van der Waals surface area (Å²) in [5.41, 5.74) is 7.25. The summed E-state index contributed by atoms with van der Waals surface area (Å²) in [5.74, 6) is 2.12. The van der Waals surface area contributed by atoms with Crippen molar-refractivity contribution < 1.29 is 14.0 Å². The Morgan fingerprint density at radius 1 is 1.29 bits per heavy atom. The zero-order chi connectivity index (χ0) is 14.8. The van der Waals surface area contributed by atoms with E-state index in [4.69, 9.17) is 31.3 Å². The average molecular weight is 310 g/mol. The zero-order valence-electron chi connectivity index (χ0n) is 11.7. The van der Waals surface area contributed by atoms with Crippen LogP contribution in [0, 0.1) is 0 Å². The van der Waals surface area contributed by atoms with Gasteiger partial charge in [0.15, 0.2) is 11.5 Å². The van der Waals surface area contributed by atoms with Crippen molar-refractivity contribution in [2.24, 2.45) is 5.73 Å². The zero-order valence-corrected chi connectivity index (χ0v) is 12.4. The summed E-state index contributed by atoms with van der Waals surface area (Å²) in [7, 11) is 0. The van der Waals surface area contributed by atoms with Crippen LogP contribution in [0.3, 0.4) is 0 Å². The number of aromatic nitrogens is 2. The second-order valence-corrected chi connectivity index (χ2v) is 5.07. The molecule has 0 amide bonds. The van der Waals surface area contributed by atoms with Crippen LogP contribution in [0.1, 0.15) is 24.8 Å². The normalized spacial score (nSPS) is 14.0. The number of halogens is 1. The standard InChI is InChI=1S/C14H16ClN3O3/c1-2-8-9(14-17-11(7-16)21-18-14)6-10(15)13-12(8)19-4-3-5-20-13/h6H,2-5,7,16H2,1H3. The van der Waals surface area contributed by atoms with Crippen LogP contribution >= 0.6 is 11.6 Å². The number of ether oxygens (including phenoxy) is 2. The third kappa shape index (κ3) is 2.56. The van der Waals surface area contributed by atoms with Crippen LogP contribution in [0.5, 0.6) is 11.5 Å². The quantitative estimate of drug-likeness (QED) is 0.938. The number of nitrogens with zero attached hydrogens (tertiary/aromatic N) is 2. The molecule has 2 heterocycles. The van der Waals surface area contributed by atoms with E-state index in [1.54, 1.807) is 6.07 Å². The van der Waals surface area contributed by atoms with E-state index < -0.39 is 0 Å². The van der Waals surface area contributed by atoms with Crippen molar-refractivity contribution in [3.8, 4) is 22.9 Å². The molecule has 1 aliphatic rings. The number of hydrogen-bond donors (Lipinski definition) is 1. The fourth-order valence-corrected chi connectivity index (χ4v) is 2.59. The number of nitrogens with two attached hydrogens (primary N) is 1. The van der Waals surface area contributed by atoms with Crippen LogP contribution in [-0.2, 0) is 13.0 Å². The van der Waals surface area contributed by atoms with Crippen molar-refractivity contribution in [3.63, 3.8) is 0 Å². The molecule has 0 atom stereocenters. The molecule has 0 saturated carbocycles. The average Bonchev–Trinajstić information content (AvgIpc) is 2.84. The van der Waals surface area contributed by atoms with Gasteiger partial charge in [0.1, 0.15) is 0 Å². The predicted octanol–water partition coefficient (Wildman–Crippen LogP) is 2.57. The van der Waals surface area contributed by atoms with Gasteiger partial charge >= 0.3 is 0 Å². The number of rotatable bonds is 3. The van der Waals surface area contributed by atoms with Gasteiger partial charge in [-0.25, -0.2) is 0 Å². The van der Waals surface area contributed by atoms with Crippen LogP contribution in [0.2, 0.25) is 5.02 Å². The van der Waals surface area contributed by atoms with Gasteiger partial charge in [-0.2, -0.15) is 4.98 Å². The maximum atomic E-state index is 6.32. The van der Waals surface area contributed by atoms with E-state index in [1.165, 1.54) is 0 Å². The number of hydrogen-bond acceptors (Lipinski definition) is 6. The second kappa shape index (κ2) is 5.91. The minimum atomic E-state index is 0.201. The number of benzene rings is 1. The smallest absolute Gasteiger partial charge is 0.240 e.